The van der Waals surface area contributed by atoms with Crippen LogP contribution in [-0.4, -0.2) is 26.3 Å². The molecule has 10 heteroatoms. The van der Waals surface area contributed by atoms with Crippen LogP contribution in [0.5, 0.6) is 0 Å². The summed E-state index contributed by atoms with van der Waals surface area (Å²) in [5, 5.41) is 19.9. The van der Waals surface area contributed by atoms with Crippen molar-refractivity contribution in [3.8, 4) is 0 Å². The minimum Gasteiger partial charge on any atom is -0.361 e. The third-order valence-electron chi connectivity index (χ3n) is 3.17. The van der Waals surface area contributed by atoms with Gasteiger partial charge in [-0.3, -0.25) is 15.7 Å². The molecule has 0 aliphatic rings. The second kappa shape index (κ2) is 7.81. The standard InChI is InChI=1S/C15H12BrFN6O2/c16-11-7-10(1-2-12(11)17)20-15(21-24)13-14(23-25-22-13)19-8-9-3-5-18-6-4-9/h1-7,24H,8H2,(H,19,23)(H,20,21). The highest BCUT2D eigenvalue weighted by molar-refractivity contribution is 9.10. The van der Waals surface area contributed by atoms with Gasteiger partial charge in [0.2, 0.25) is 5.82 Å². The Labute approximate surface area is 149 Å². The second-order valence-electron chi connectivity index (χ2n) is 4.84. The fourth-order valence-electron chi connectivity index (χ4n) is 1.96. The lowest BCUT2D eigenvalue weighted by Crippen LogP contribution is -2.22. The van der Waals surface area contributed by atoms with Crippen molar-refractivity contribution in [3.05, 3.63) is 64.3 Å². The molecule has 0 amide bonds. The number of hydrogen-bond donors (Lipinski definition) is 3. The SMILES string of the molecule is ONC(=Nc1ccc(F)c(Br)c1)c1nonc1NCc1ccncc1. The summed E-state index contributed by atoms with van der Waals surface area (Å²) in [5.41, 5.74) is 3.50. The molecule has 0 aliphatic carbocycles. The molecule has 8 nitrogen and oxygen atoms in total. The first-order valence-corrected chi connectivity index (χ1v) is 7.86. The Hall–Kier alpha value is -2.85. The average Bonchev–Trinajstić information content (AvgIpc) is 3.10. The maximum Gasteiger partial charge on any atom is 0.202 e. The number of nitrogens with one attached hydrogen (secondary N) is 2. The molecule has 0 saturated carbocycles. The van der Waals surface area contributed by atoms with Gasteiger partial charge < -0.3 is 5.32 Å². The van der Waals surface area contributed by atoms with Gasteiger partial charge in [0.1, 0.15) is 5.82 Å². The van der Waals surface area contributed by atoms with Crippen LogP contribution in [-0.2, 0) is 6.54 Å². The molecule has 3 aromatic rings. The summed E-state index contributed by atoms with van der Waals surface area (Å²) in [6.07, 6.45) is 3.35. The number of hydroxylamine groups is 1. The quantitative estimate of drug-likeness (QED) is 0.339. The average molecular weight is 407 g/mol. The van der Waals surface area contributed by atoms with E-state index >= 15 is 0 Å². The molecule has 128 valence electrons. The minimum atomic E-state index is -0.416. The topological polar surface area (TPSA) is 108 Å². The number of halogens is 2. The Morgan fingerprint density at radius 1 is 1.24 bits per heavy atom. The predicted octanol–water partition coefficient (Wildman–Crippen LogP) is 3.04. The van der Waals surface area contributed by atoms with E-state index in [1.54, 1.807) is 12.4 Å². The van der Waals surface area contributed by atoms with Crippen LogP contribution in [0.3, 0.4) is 0 Å². The van der Waals surface area contributed by atoms with E-state index in [2.05, 4.69) is 41.5 Å². The van der Waals surface area contributed by atoms with E-state index in [0.29, 0.717) is 18.1 Å². The van der Waals surface area contributed by atoms with Gasteiger partial charge in [-0.25, -0.2) is 14.0 Å². The van der Waals surface area contributed by atoms with Gasteiger partial charge in [-0.15, -0.1) is 0 Å². The van der Waals surface area contributed by atoms with Crippen molar-refractivity contribution in [3.63, 3.8) is 0 Å². The fraction of sp³-hybridized carbons (Fsp3) is 0.0667. The third kappa shape index (κ3) is 4.17. The minimum absolute atomic E-state index is 0.00279. The number of hydrogen-bond acceptors (Lipinski definition) is 7. The highest BCUT2D eigenvalue weighted by Gasteiger charge is 2.16. The Morgan fingerprint density at radius 2 is 2.04 bits per heavy atom. The zero-order valence-electron chi connectivity index (χ0n) is 12.6. The first kappa shape index (κ1) is 17.0. The van der Waals surface area contributed by atoms with Gasteiger partial charge in [0.05, 0.1) is 10.2 Å². The number of rotatable bonds is 5. The van der Waals surface area contributed by atoms with Crippen LogP contribution in [0.15, 0.2) is 56.8 Å². The Morgan fingerprint density at radius 3 is 2.76 bits per heavy atom. The number of anilines is 1. The summed E-state index contributed by atoms with van der Waals surface area (Å²) in [5.74, 6) is -0.129. The van der Waals surface area contributed by atoms with Crippen molar-refractivity contribution < 1.29 is 14.2 Å². The van der Waals surface area contributed by atoms with E-state index in [9.17, 15) is 9.60 Å². The number of benzene rings is 1. The zero-order valence-corrected chi connectivity index (χ0v) is 14.2. The predicted molar refractivity (Wildman–Crippen MR) is 91.1 cm³/mol. The maximum absolute atomic E-state index is 13.3. The molecule has 0 saturated heterocycles. The summed E-state index contributed by atoms with van der Waals surface area (Å²) < 4.78 is 18.3. The lowest BCUT2D eigenvalue weighted by atomic mass is 10.2. The van der Waals surface area contributed by atoms with E-state index in [-0.39, 0.29) is 16.0 Å². The molecule has 0 aliphatic heterocycles. The first-order chi connectivity index (χ1) is 12.2. The fourth-order valence-corrected chi connectivity index (χ4v) is 2.33. The van der Waals surface area contributed by atoms with Crippen LogP contribution in [0.4, 0.5) is 15.9 Å². The highest BCUT2D eigenvalue weighted by Crippen LogP contribution is 2.23. The van der Waals surface area contributed by atoms with Crippen molar-refractivity contribution in [2.75, 3.05) is 5.32 Å². The van der Waals surface area contributed by atoms with Gasteiger partial charge in [-0.2, -0.15) is 0 Å². The number of pyridine rings is 1. The molecule has 3 N–H and O–H groups in total. The molecule has 0 unspecified atom stereocenters. The summed E-state index contributed by atoms with van der Waals surface area (Å²) in [6.45, 7) is 0.449. The molecule has 0 spiro atoms. The molecular formula is C15H12BrFN6O2. The molecule has 2 aromatic heterocycles. The van der Waals surface area contributed by atoms with Crippen LogP contribution in [0.25, 0.3) is 0 Å². The van der Waals surface area contributed by atoms with E-state index in [4.69, 9.17) is 4.63 Å². The van der Waals surface area contributed by atoms with Gasteiger partial charge >= 0.3 is 0 Å². The van der Waals surface area contributed by atoms with Crippen LogP contribution < -0.4 is 10.8 Å². The smallest absolute Gasteiger partial charge is 0.202 e. The molecule has 0 fully saturated rings. The summed E-state index contributed by atoms with van der Waals surface area (Å²) in [6, 6.07) is 7.85. The Bertz CT molecular complexity index is 887. The van der Waals surface area contributed by atoms with Gasteiger partial charge in [-0.1, -0.05) is 0 Å². The van der Waals surface area contributed by atoms with Crippen molar-refractivity contribution in [1.82, 2.24) is 20.8 Å². The zero-order chi connectivity index (χ0) is 17.6. The summed E-state index contributed by atoms with van der Waals surface area (Å²) in [4.78, 5) is 8.13. The van der Waals surface area contributed by atoms with Crippen LogP contribution in [0.1, 0.15) is 11.3 Å². The molecule has 1 aromatic carbocycles. The first-order valence-electron chi connectivity index (χ1n) is 7.07. The Balaban J connectivity index is 1.83. The molecular weight excluding hydrogens is 395 g/mol. The Kier molecular flexibility index (Phi) is 5.31. The van der Waals surface area contributed by atoms with Gasteiger partial charge in [-0.05, 0) is 62.1 Å². The summed E-state index contributed by atoms with van der Waals surface area (Å²) in [7, 11) is 0. The number of aliphatic imine (C=N–C) groups is 1. The normalized spacial score (nSPS) is 11.4. The molecule has 0 radical (unpaired) electrons. The summed E-state index contributed by atoms with van der Waals surface area (Å²) >= 11 is 3.08. The van der Waals surface area contributed by atoms with Crippen LogP contribution in [0, 0.1) is 5.82 Å². The van der Waals surface area contributed by atoms with Crippen molar-refractivity contribution in [2.24, 2.45) is 4.99 Å². The molecule has 0 atom stereocenters. The van der Waals surface area contributed by atoms with Gasteiger partial charge in [0, 0.05) is 18.9 Å². The molecule has 2 heterocycles. The van der Waals surface area contributed by atoms with Crippen molar-refractivity contribution >= 4 is 33.3 Å². The van der Waals surface area contributed by atoms with E-state index < -0.39 is 5.82 Å². The molecule has 25 heavy (non-hydrogen) atoms. The highest BCUT2D eigenvalue weighted by atomic mass is 79.9. The third-order valence-corrected chi connectivity index (χ3v) is 3.78. The maximum atomic E-state index is 13.3. The number of nitrogens with zero attached hydrogens (tertiary/aromatic N) is 4. The lowest BCUT2D eigenvalue weighted by Gasteiger charge is -2.06. The second-order valence-corrected chi connectivity index (χ2v) is 5.70. The van der Waals surface area contributed by atoms with Crippen LogP contribution >= 0.6 is 15.9 Å². The van der Waals surface area contributed by atoms with E-state index in [1.165, 1.54) is 18.2 Å². The van der Waals surface area contributed by atoms with E-state index in [1.807, 2.05) is 17.6 Å². The van der Waals surface area contributed by atoms with Crippen LogP contribution in [0.2, 0.25) is 0 Å². The van der Waals surface area contributed by atoms with Gasteiger partial charge in [0.15, 0.2) is 11.5 Å². The molecule has 0 bridgehead atoms. The number of amidine groups is 1. The van der Waals surface area contributed by atoms with Crippen molar-refractivity contribution in [2.45, 2.75) is 6.54 Å². The monoisotopic (exact) mass is 406 g/mol. The lowest BCUT2D eigenvalue weighted by molar-refractivity contribution is 0.234. The van der Waals surface area contributed by atoms with Crippen molar-refractivity contribution in [1.29, 1.82) is 0 Å². The van der Waals surface area contributed by atoms with Gasteiger partial charge in [0.25, 0.3) is 0 Å². The largest absolute Gasteiger partial charge is 0.361 e. The molecule has 3 rings (SSSR count). The number of aromatic nitrogens is 3. The van der Waals surface area contributed by atoms with E-state index in [0.717, 1.165) is 5.56 Å².